The molecule has 136 valence electrons. The summed E-state index contributed by atoms with van der Waals surface area (Å²) in [4.78, 5) is 0. The van der Waals surface area contributed by atoms with Gasteiger partial charge in [0.1, 0.15) is 0 Å². The number of quaternary nitrogens is 1. The molecular weight excluding hydrogens is 325 g/mol. The van der Waals surface area contributed by atoms with Crippen molar-refractivity contribution in [3.05, 3.63) is 0 Å². The third-order valence-corrected chi connectivity index (χ3v) is 3.94. The topological polar surface area (TPSA) is 74.6 Å². The molecule has 0 saturated carbocycles. The molecule has 0 bridgehead atoms. The van der Waals surface area contributed by atoms with Gasteiger partial charge in [-0.1, -0.05) is 53.4 Å². The van der Waals surface area contributed by atoms with Crippen molar-refractivity contribution in [3.63, 3.8) is 0 Å². The summed E-state index contributed by atoms with van der Waals surface area (Å²) in [6.45, 7) is 15.0. The maximum absolute atomic E-state index is 8.74. The molecule has 0 amide bonds. The predicted molar refractivity (Wildman–Crippen MR) is 94.6 cm³/mol. The quantitative estimate of drug-likeness (QED) is 0.312. The van der Waals surface area contributed by atoms with Crippen molar-refractivity contribution in [2.45, 2.75) is 79.1 Å². The van der Waals surface area contributed by atoms with Crippen LogP contribution in [0, 0.1) is 0 Å². The van der Waals surface area contributed by atoms with Crippen molar-refractivity contribution in [1.82, 2.24) is 0 Å². The van der Waals surface area contributed by atoms with E-state index in [1.54, 1.807) is 0 Å². The Kier molecular flexibility index (Phi) is 22.0. The van der Waals surface area contributed by atoms with E-state index in [1.807, 2.05) is 0 Å². The van der Waals surface area contributed by atoms with E-state index in [0.29, 0.717) is 0 Å². The van der Waals surface area contributed by atoms with Gasteiger partial charge in [0.2, 0.25) is 0 Å². The molecule has 0 radical (unpaired) electrons. The van der Waals surface area contributed by atoms with Gasteiger partial charge in [-0.05, 0) is 25.7 Å². The molecule has 23 heavy (non-hydrogen) atoms. The van der Waals surface area contributed by atoms with Crippen LogP contribution in [0.1, 0.15) is 80.5 Å². The van der Waals surface area contributed by atoms with Crippen molar-refractivity contribution in [2.24, 2.45) is 0 Å². The summed E-state index contributed by atoms with van der Waals surface area (Å²) in [5.41, 5.74) is 0. The smallest absolute Gasteiger partial charge is 0.324 e. The fraction of sp³-hybridized carbons (Fsp3) is 1.00. The normalized spacial score (nSPS) is 11.4. The minimum atomic E-state index is -4.67. The number of hydrogen-bond acceptors (Lipinski definition) is 2. The van der Waals surface area contributed by atoms with E-state index in [1.165, 1.54) is 82.0 Å². The van der Waals surface area contributed by atoms with Gasteiger partial charge in [-0.3, -0.25) is 9.11 Å². The Morgan fingerprint density at radius 1 is 0.696 bits per heavy atom. The molecule has 7 heteroatoms. The fourth-order valence-corrected chi connectivity index (χ4v) is 2.64. The molecule has 0 atom stereocenters. The first kappa shape index (κ1) is 28.6. The predicted octanol–water partition coefficient (Wildman–Crippen LogP) is 1.47. The van der Waals surface area contributed by atoms with Crippen LogP contribution >= 0.6 is 0 Å². The van der Waals surface area contributed by atoms with E-state index in [4.69, 9.17) is 17.5 Å². The van der Waals surface area contributed by atoms with Crippen LogP contribution in [-0.4, -0.2) is 48.2 Å². The van der Waals surface area contributed by atoms with Crippen LogP contribution in [0.4, 0.5) is 0 Å². The third-order valence-electron chi connectivity index (χ3n) is 3.94. The van der Waals surface area contributed by atoms with Crippen molar-refractivity contribution >= 4 is 10.4 Å². The van der Waals surface area contributed by atoms with Gasteiger partial charge >= 0.3 is 41.4 Å². The largest absolute Gasteiger partial charge is 1.00 e. The van der Waals surface area contributed by atoms with Gasteiger partial charge in [-0.25, -0.2) is 0 Å². The van der Waals surface area contributed by atoms with E-state index in [9.17, 15) is 0 Å². The molecule has 0 rings (SSSR count). The first-order valence-corrected chi connectivity index (χ1v) is 10.2. The zero-order chi connectivity index (χ0) is 17.5. The van der Waals surface area contributed by atoms with Gasteiger partial charge in [0.25, 0.3) is 0 Å². The van der Waals surface area contributed by atoms with Crippen molar-refractivity contribution < 1.29 is 53.0 Å². The Hall–Kier alpha value is 0.830. The third kappa shape index (κ3) is 22.8. The molecule has 0 aliphatic carbocycles. The molecule has 0 aromatic rings. The van der Waals surface area contributed by atoms with Gasteiger partial charge in [0.15, 0.2) is 0 Å². The molecule has 0 aromatic carbocycles. The molecular formula is C16H39NNaO4S+3. The van der Waals surface area contributed by atoms with Gasteiger partial charge in [-0.2, -0.15) is 8.42 Å². The molecule has 0 heterocycles. The molecule has 0 aliphatic heterocycles. The Bertz CT molecular complexity index is 297. The van der Waals surface area contributed by atoms with Crippen LogP contribution in [0.3, 0.4) is 0 Å². The first-order chi connectivity index (χ1) is 10.2. The second-order valence-corrected chi connectivity index (χ2v) is 6.99. The monoisotopic (exact) mass is 364 g/mol. The Morgan fingerprint density at radius 3 is 1.00 bits per heavy atom. The maximum Gasteiger partial charge on any atom is 1.00 e. The second kappa shape index (κ2) is 17.6. The average molecular weight is 365 g/mol. The minimum Gasteiger partial charge on any atom is -0.324 e. The zero-order valence-corrected chi connectivity index (χ0v) is 18.9. The summed E-state index contributed by atoms with van der Waals surface area (Å²) in [6, 6.07) is 0. The number of unbranched alkanes of at least 4 members (excludes halogenated alkanes) is 4. The molecule has 0 unspecified atom stereocenters. The van der Waals surface area contributed by atoms with Crippen LogP contribution in [0.15, 0.2) is 0 Å². The van der Waals surface area contributed by atoms with E-state index in [-0.39, 0.29) is 31.0 Å². The van der Waals surface area contributed by atoms with E-state index in [0.717, 1.165) is 0 Å². The van der Waals surface area contributed by atoms with E-state index in [2.05, 4.69) is 27.7 Å². The molecule has 0 saturated heterocycles. The second-order valence-electron chi connectivity index (χ2n) is 6.10. The van der Waals surface area contributed by atoms with E-state index >= 15 is 0 Å². The van der Waals surface area contributed by atoms with Crippen molar-refractivity contribution in [2.75, 3.05) is 26.2 Å². The summed E-state index contributed by atoms with van der Waals surface area (Å²) in [5.74, 6) is 0. The maximum atomic E-state index is 8.74. The minimum absolute atomic E-state index is 0. The van der Waals surface area contributed by atoms with Gasteiger partial charge < -0.3 is 4.48 Å². The molecule has 5 nitrogen and oxygen atoms in total. The van der Waals surface area contributed by atoms with Gasteiger partial charge in [0, 0.05) is 0 Å². The number of hydrogen-bond donors (Lipinski definition) is 2. The number of nitrogens with zero attached hydrogens (tertiary/aromatic N) is 1. The Morgan fingerprint density at radius 2 is 0.870 bits per heavy atom. The summed E-state index contributed by atoms with van der Waals surface area (Å²) >= 11 is 0. The van der Waals surface area contributed by atoms with Crippen LogP contribution in [0.5, 0.6) is 0 Å². The SMILES string of the molecule is CCCC[N+](CCCC)(CCCC)CCCC.O=S(=O)(O)O.[H+].[Na+]. The summed E-state index contributed by atoms with van der Waals surface area (Å²) in [7, 11) is -4.67. The van der Waals surface area contributed by atoms with Crippen molar-refractivity contribution in [1.29, 1.82) is 0 Å². The number of rotatable bonds is 12. The Labute approximate surface area is 168 Å². The van der Waals surface area contributed by atoms with Crippen molar-refractivity contribution in [3.8, 4) is 0 Å². The molecule has 0 aromatic heterocycles. The fourth-order valence-electron chi connectivity index (χ4n) is 2.64. The molecule has 2 N–H and O–H groups in total. The average Bonchev–Trinajstić information content (AvgIpc) is 2.44. The summed E-state index contributed by atoms with van der Waals surface area (Å²) < 4.78 is 33.0. The van der Waals surface area contributed by atoms with Gasteiger partial charge in [0.05, 0.1) is 26.2 Å². The molecule has 0 fully saturated rings. The van der Waals surface area contributed by atoms with Crippen LogP contribution in [-0.2, 0) is 10.4 Å². The molecule has 0 spiro atoms. The molecule has 0 aliphatic rings. The van der Waals surface area contributed by atoms with Gasteiger partial charge in [-0.15, -0.1) is 0 Å². The van der Waals surface area contributed by atoms with Crippen LogP contribution in [0.2, 0.25) is 0 Å². The summed E-state index contributed by atoms with van der Waals surface area (Å²) in [6.07, 6.45) is 11.1. The van der Waals surface area contributed by atoms with Crippen LogP contribution in [0.25, 0.3) is 0 Å². The van der Waals surface area contributed by atoms with Crippen LogP contribution < -0.4 is 29.6 Å². The summed E-state index contributed by atoms with van der Waals surface area (Å²) in [5, 5.41) is 0. The Balaban J connectivity index is -0.000000250. The first-order valence-electron chi connectivity index (χ1n) is 8.79. The standard InChI is InChI=1S/C16H36N.Na.H2O4S/c1-5-9-13-17(14-10-6-2,15-11-7-3)16-12-8-4;;1-5(2,3)4/h5-16H2,1-4H3;;(H2,1,2,3,4)/q2*+1;/p+1. The zero-order valence-electron chi connectivity index (χ0n) is 17.1. The van der Waals surface area contributed by atoms with E-state index < -0.39 is 10.4 Å².